The fraction of sp³-hybridized carbons (Fsp3) is 0.385. The topological polar surface area (TPSA) is 78.7 Å². The molecule has 0 radical (unpaired) electrons. The van der Waals surface area contributed by atoms with Gasteiger partial charge in [-0.15, -0.1) is 0 Å². The zero-order valence-corrected chi connectivity index (χ0v) is 10.5. The van der Waals surface area contributed by atoms with Crippen LogP contribution in [0.3, 0.4) is 0 Å². The quantitative estimate of drug-likeness (QED) is 0.727. The maximum Gasteiger partial charge on any atom is 0.332 e. The molecule has 1 aromatic rings. The van der Waals surface area contributed by atoms with Crippen molar-refractivity contribution in [2.45, 2.75) is 12.6 Å². The van der Waals surface area contributed by atoms with Crippen LogP contribution < -0.4 is 16.0 Å². The van der Waals surface area contributed by atoms with Crippen molar-refractivity contribution in [3.8, 4) is 0 Å². The Labute approximate surface area is 111 Å². The van der Waals surface area contributed by atoms with E-state index in [-0.39, 0.29) is 18.0 Å². The van der Waals surface area contributed by atoms with Crippen molar-refractivity contribution >= 4 is 17.6 Å². The molecule has 0 bridgehead atoms. The Kier molecular flexibility index (Phi) is 2.96. The van der Waals surface area contributed by atoms with Crippen LogP contribution >= 0.6 is 0 Å². The standard InChI is InChI=1S/C13H16N4O2/c14-7-9-2-1-3-10(6-9)17-12(18)11-8-15-4-5-16(11)13(17)19/h1-3,6,11,15H,4-5,7-8,14H2. The summed E-state index contributed by atoms with van der Waals surface area (Å²) in [6.07, 6.45) is 0. The van der Waals surface area contributed by atoms with Gasteiger partial charge < -0.3 is 16.0 Å². The molecule has 2 heterocycles. The summed E-state index contributed by atoms with van der Waals surface area (Å²) in [6.45, 7) is 2.21. The molecule has 19 heavy (non-hydrogen) atoms. The van der Waals surface area contributed by atoms with Gasteiger partial charge in [0.15, 0.2) is 0 Å². The van der Waals surface area contributed by atoms with Crippen LogP contribution in [0.5, 0.6) is 0 Å². The highest BCUT2D eigenvalue weighted by molar-refractivity contribution is 6.21. The summed E-state index contributed by atoms with van der Waals surface area (Å²) in [7, 11) is 0. The van der Waals surface area contributed by atoms with Gasteiger partial charge in [-0.05, 0) is 17.7 Å². The zero-order chi connectivity index (χ0) is 13.4. The van der Waals surface area contributed by atoms with Crippen LogP contribution in [0.1, 0.15) is 5.56 Å². The highest BCUT2D eigenvalue weighted by Gasteiger charge is 2.46. The van der Waals surface area contributed by atoms with E-state index in [0.717, 1.165) is 12.1 Å². The molecule has 2 fully saturated rings. The summed E-state index contributed by atoms with van der Waals surface area (Å²) >= 11 is 0. The third-order valence-electron chi connectivity index (χ3n) is 3.59. The van der Waals surface area contributed by atoms with Gasteiger partial charge in [0.2, 0.25) is 0 Å². The van der Waals surface area contributed by atoms with Gasteiger partial charge in [-0.1, -0.05) is 12.1 Å². The Bertz CT molecular complexity index is 507. The normalized spacial score (nSPS) is 22.9. The molecule has 0 aliphatic carbocycles. The Hall–Kier alpha value is -1.92. The molecule has 100 valence electrons. The van der Waals surface area contributed by atoms with Crippen molar-refractivity contribution < 1.29 is 9.59 Å². The monoisotopic (exact) mass is 260 g/mol. The fourth-order valence-electron chi connectivity index (χ4n) is 2.59. The van der Waals surface area contributed by atoms with E-state index in [1.54, 1.807) is 17.0 Å². The van der Waals surface area contributed by atoms with Crippen LogP contribution in [0.15, 0.2) is 24.3 Å². The van der Waals surface area contributed by atoms with Gasteiger partial charge in [0, 0.05) is 26.2 Å². The first-order chi connectivity index (χ1) is 9.22. The smallest absolute Gasteiger partial charge is 0.326 e. The van der Waals surface area contributed by atoms with Gasteiger partial charge in [0.1, 0.15) is 6.04 Å². The Morgan fingerprint density at radius 2 is 2.21 bits per heavy atom. The van der Waals surface area contributed by atoms with Crippen LogP contribution in [0.2, 0.25) is 0 Å². The Morgan fingerprint density at radius 3 is 2.95 bits per heavy atom. The first kappa shape index (κ1) is 12.1. The predicted molar refractivity (Wildman–Crippen MR) is 70.6 cm³/mol. The number of hydrogen-bond acceptors (Lipinski definition) is 4. The summed E-state index contributed by atoms with van der Waals surface area (Å²) in [5.74, 6) is -0.161. The first-order valence-electron chi connectivity index (χ1n) is 6.36. The third-order valence-corrected chi connectivity index (χ3v) is 3.59. The average Bonchev–Trinajstić information content (AvgIpc) is 2.72. The molecule has 1 unspecified atom stereocenters. The lowest BCUT2D eigenvalue weighted by molar-refractivity contribution is -0.119. The molecular formula is C13H16N4O2. The molecule has 2 aliphatic rings. The van der Waals surface area contributed by atoms with Gasteiger partial charge in [-0.2, -0.15) is 0 Å². The number of carbonyl (C=O) groups is 2. The maximum atomic E-state index is 12.3. The fourth-order valence-corrected chi connectivity index (χ4v) is 2.59. The molecule has 3 N–H and O–H groups in total. The van der Waals surface area contributed by atoms with Crippen LogP contribution in [0.4, 0.5) is 10.5 Å². The lowest BCUT2D eigenvalue weighted by Gasteiger charge is -2.26. The molecule has 2 saturated heterocycles. The van der Waals surface area contributed by atoms with E-state index < -0.39 is 0 Å². The summed E-state index contributed by atoms with van der Waals surface area (Å²) in [5, 5.41) is 3.14. The van der Waals surface area contributed by atoms with Gasteiger partial charge in [0.25, 0.3) is 5.91 Å². The molecule has 3 rings (SSSR count). The molecule has 6 nitrogen and oxygen atoms in total. The number of imide groups is 1. The zero-order valence-electron chi connectivity index (χ0n) is 10.5. The molecule has 3 amide bonds. The van der Waals surface area contributed by atoms with Crippen LogP contribution in [-0.4, -0.2) is 42.5 Å². The predicted octanol–water partition coefficient (Wildman–Crippen LogP) is -0.114. The van der Waals surface area contributed by atoms with Crippen molar-refractivity contribution in [3.05, 3.63) is 29.8 Å². The number of carbonyl (C=O) groups excluding carboxylic acids is 2. The van der Waals surface area contributed by atoms with Crippen molar-refractivity contribution in [1.82, 2.24) is 10.2 Å². The number of nitrogens with zero attached hydrogens (tertiary/aromatic N) is 2. The van der Waals surface area contributed by atoms with E-state index >= 15 is 0 Å². The summed E-state index contributed by atoms with van der Waals surface area (Å²) in [6, 6.07) is 6.65. The van der Waals surface area contributed by atoms with Crippen molar-refractivity contribution in [1.29, 1.82) is 0 Å². The van der Waals surface area contributed by atoms with Crippen molar-refractivity contribution in [2.24, 2.45) is 5.73 Å². The van der Waals surface area contributed by atoms with Gasteiger partial charge in [-0.3, -0.25) is 4.79 Å². The summed E-state index contributed by atoms with van der Waals surface area (Å²) in [4.78, 5) is 27.6. The Balaban J connectivity index is 1.95. The second-order valence-electron chi connectivity index (χ2n) is 4.74. The Morgan fingerprint density at radius 1 is 1.37 bits per heavy atom. The number of benzene rings is 1. The van der Waals surface area contributed by atoms with E-state index in [1.807, 2.05) is 12.1 Å². The van der Waals surface area contributed by atoms with Crippen LogP contribution in [0.25, 0.3) is 0 Å². The number of fused-ring (bicyclic) bond motifs is 1. The second kappa shape index (κ2) is 4.64. The average molecular weight is 260 g/mol. The molecular weight excluding hydrogens is 244 g/mol. The van der Waals surface area contributed by atoms with Gasteiger partial charge in [0.05, 0.1) is 5.69 Å². The van der Waals surface area contributed by atoms with E-state index in [0.29, 0.717) is 25.3 Å². The molecule has 0 spiro atoms. The maximum absolute atomic E-state index is 12.3. The molecule has 6 heteroatoms. The number of urea groups is 1. The largest absolute Gasteiger partial charge is 0.332 e. The van der Waals surface area contributed by atoms with Gasteiger partial charge >= 0.3 is 6.03 Å². The summed E-state index contributed by atoms with van der Waals surface area (Å²) < 4.78 is 0. The van der Waals surface area contributed by atoms with Crippen molar-refractivity contribution in [2.75, 3.05) is 24.5 Å². The molecule has 0 saturated carbocycles. The molecule has 2 aliphatic heterocycles. The lowest BCUT2D eigenvalue weighted by atomic mass is 10.2. The number of nitrogens with one attached hydrogen (secondary N) is 1. The minimum Gasteiger partial charge on any atom is -0.326 e. The minimum atomic E-state index is -0.372. The number of piperazine rings is 1. The second-order valence-corrected chi connectivity index (χ2v) is 4.74. The minimum absolute atomic E-state index is 0.161. The lowest BCUT2D eigenvalue weighted by Crippen LogP contribution is -2.51. The van der Waals surface area contributed by atoms with E-state index in [2.05, 4.69) is 5.32 Å². The first-order valence-corrected chi connectivity index (χ1v) is 6.36. The van der Waals surface area contributed by atoms with E-state index in [1.165, 1.54) is 4.90 Å². The highest BCUT2D eigenvalue weighted by Crippen LogP contribution is 2.26. The molecule has 1 aromatic carbocycles. The van der Waals surface area contributed by atoms with E-state index in [9.17, 15) is 9.59 Å². The number of nitrogens with two attached hydrogens (primary N) is 1. The van der Waals surface area contributed by atoms with E-state index in [4.69, 9.17) is 5.73 Å². The molecule has 0 aromatic heterocycles. The molecule has 1 atom stereocenters. The number of rotatable bonds is 2. The highest BCUT2D eigenvalue weighted by atomic mass is 16.2. The van der Waals surface area contributed by atoms with Crippen LogP contribution in [-0.2, 0) is 11.3 Å². The summed E-state index contributed by atoms with van der Waals surface area (Å²) in [5.41, 5.74) is 7.10. The van der Waals surface area contributed by atoms with Crippen molar-refractivity contribution in [3.63, 3.8) is 0 Å². The third kappa shape index (κ3) is 1.89. The number of anilines is 1. The van der Waals surface area contributed by atoms with Gasteiger partial charge in [-0.25, -0.2) is 9.69 Å². The number of amides is 3. The van der Waals surface area contributed by atoms with Crippen LogP contribution in [0, 0.1) is 0 Å². The number of hydrogen-bond donors (Lipinski definition) is 2. The SMILES string of the molecule is NCc1cccc(N2C(=O)C3CNCCN3C2=O)c1.